The maximum absolute atomic E-state index is 15.5. The van der Waals surface area contributed by atoms with E-state index in [4.69, 9.17) is 16.3 Å². The molecule has 2 N–H and O–H groups in total. The number of fused-ring (bicyclic) bond motifs is 2. The molecule has 0 bridgehead atoms. The van der Waals surface area contributed by atoms with E-state index in [0.717, 1.165) is 0 Å². The van der Waals surface area contributed by atoms with Gasteiger partial charge in [-0.3, -0.25) is 4.90 Å². The summed E-state index contributed by atoms with van der Waals surface area (Å²) in [7, 11) is 1.70. The molecule has 4 atom stereocenters. The van der Waals surface area contributed by atoms with Crippen molar-refractivity contribution >= 4 is 34.5 Å². The van der Waals surface area contributed by atoms with Crippen LogP contribution in [0.15, 0.2) is 18.3 Å². The molecule has 6 rings (SSSR count). The van der Waals surface area contributed by atoms with Crippen LogP contribution in [-0.4, -0.2) is 93.0 Å². The Morgan fingerprint density at radius 1 is 1.21 bits per heavy atom. The van der Waals surface area contributed by atoms with Gasteiger partial charge in [0.2, 0.25) is 11.9 Å². The molecule has 204 valence electrons. The minimum atomic E-state index is -2.86. The number of ether oxygens (including phenoxy) is 1. The normalized spacial score (nSPS) is 27.1. The first kappa shape index (κ1) is 25.6. The van der Waals surface area contributed by atoms with Crippen LogP contribution in [0.25, 0.3) is 22.3 Å². The van der Waals surface area contributed by atoms with E-state index in [2.05, 4.69) is 20.3 Å². The molecule has 2 aliphatic heterocycles. The van der Waals surface area contributed by atoms with Crippen LogP contribution in [-0.2, 0) is 4.74 Å². The predicted molar refractivity (Wildman–Crippen MR) is 137 cm³/mol. The number of aliphatic hydroxyl groups is 1. The van der Waals surface area contributed by atoms with E-state index in [1.54, 1.807) is 27.5 Å². The van der Waals surface area contributed by atoms with E-state index in [9.17, 15) is 13.9 Å². The van der Waals surface area contributed by atoms with Gasteiger partial charge in [-0.2, -0.15) is 0 Å². The number of rotatable bonds is 5. The number of imidazole rings is 1. The summed E-state index contributed by atoms with van der Waals surface area (Å²) < 4.78 is 51.9. The maximum atomic E-state index is 15.5. The van der Waals surface area contributed by atoms with Crippen LogP contribution in [0.2, 0.25) is 5.02 Å². The van der Waals surface area contributed by atoms with Gasteiger partial charge in [0.25, 0.3) is 5.92 Å². The number of hydrogen-bond acceptors (Lipinski definition) is 8. The Morgan fingerprint density at radius 3 is 2.74 bits per heavy atom. The van der Waals surface area contributed by atoms with Gasteiger partial charge in [0.15, 0.2) is 5.82 Å². The van der Waals surface area contributed by atoms with Crippen LogP contribution < -0.4 is 10.2 Å². The zero-order chi connectivity index (χ0) is 26.9. The molecule has 9 nitrogen and oxygen atoms in total. The third kappa shape index (κ3) is 4.09. The minimum Gasteiger partial charge on any atom is -0.389 e. The maximum Gasteiger partial charge on any atom is 0.287 e. The zero-order valence-electron chi connectivity index (χ0n) is 21.2. The van der Waals surface area contributed by atoms with Crippen LogP contribution in [0.1, 0.15) is 26.3 Å². The molecule has 38 heavy (non-hydrogen) atoms. The van der Waals surface area contributed by atoms with Crippen molar-refractivity contribution in [2.75, 3.05) is 43.6 Å². The highest BCUT2D eigenvalue weighted by Crippen LogP contribution is 2.52. The molecule has 3 fully saturated rings. The number of aliphatic hydroxyl groups excluding tert-OH is 1. The van der Waals surface area contributed by atoms with E-state index >= 15 is 4.39 Å². The Labute approximate surface area is 222 Å². The van der Waals surface area contributed by atoms with E-state index in [0.29, 0.717) is 48.8 Å². The van der Waals surface area contributed by atoms with Gasteiger partial charge in [0.05, 0.1) is 41.2 Å². The average Bonchev–Trinajstić information content (AvgIpc) is 3.25. The summed E-state index contributed by atoms with van der Waals surface area (Å²) in [6.07, 6.45) is 1.28. The second kappa shape index (κ2) is 9.22. The first-order chi connectivity index (χ1) is 18.1. The number of hydrogen-bond donors (Lipinski definition) is 2. The van der Waals surface area contributed by atoms with Crippen LogP contribution >= 0.6 is 11.6 Å². The number of halogens is 4. The van der Waals surface area contributed by atoms with Crippen molar-refractivity contribution in [1.82, 2.24) is 24.4 Å². The third-order valence-corrected chi connectivity index (χ3v) is 7.92. The Morgan fingerprint density at radius 2 is 2.00 bits per heavy atom. The summed E-state index contributed by atoms with van der Waals surface area (Å²) in [5, 5.41) is 13.5. The van der Waals surface area contributed by atoms with Gasteiger partial charge >= 0.3 is 0 Å². The Hall–Kier alpha value is -2.67. The lowest BCUT2D eigenvalue weighted by Gasteiger charge is -2.32. The highest BCUT2D eigenvalue weighted by molar-refractivity contribution is 6.33. The van der Waals surface area contributed by atoms with E-state index < -0.39 is 29.9 Å². The summed E-state index contributed by atoms with van der Waals surface area (Å²) in [5.41, 5.74) is 1.27. The summed E-state index contributed by atoms with van der Waals surface area (Å²) in [6.45, 7) is 5.35. The number of anilines is 2. The number of aromatic nitrogens is 4. The third-order valence-electron chi connectivity index (χ3n) is 7.64. The number of nitrogens with zero attached hydrogens (tertiary/aromatic N) is 6. The number of likely N-dealkylation sites (N-methyl/N-ethyl adjacent to an activating group) is 1. The van der Waals surface area contributed by atoms with Gasteiger partial charge in [0, 0.05) is 31.3 Å². The largest absolute Gasteiger partial charge is 0.389 e. The molecule has 0 amide bonds. The van der Waals surface area contributed by atoms with Gasteiger partial charge in [0.1, 0.15) is 17.6 Å². The molecule has 0 radical (unpaired) electrons. The van der Waals surface area contributed by atoms with E-state index in [-0.39, 0.29) is 35.2 Å². The molecular weight excluding hydrogens is 523 g/mol. The SMILES string of the molecule is CC(C)n1c(N2CCN(C)[C@H]3[C@@H]2C3(F)F)nc2c(F)cc(-c3nc(N[C@@H]4CCOC[C@H]4O)ncc3Cl)cc21. The number of alkyl halides is 2. The van der Waals surface area contributed by atoms with Crippen molar-refractivity contribution in [2.45, 2.75) is 56.5 Å². The molecule has 3 aliphatic rings. The fourth-order valence-electron chi connectivity index (χ4n) is 5.66. The summed E-state index contributed by atoms with van der Waals surface area (Å²) >= 11 is 6.44. The predicted octanol–water partition coefficient (Wildman–Crippen LogP) is 3.57. The van der Waals surface area contributed by atoms with Crippen LogP contribution in [0.4, 0.5) is 25.1 Å². The van der Waals surface area contributed by atoms with Crippen LogP contribution in [0, 0.1) is 5.82 Å². The quantitative estimate of drug-likeness (QED) is 0.497. The van der Waals surface area contributed by atoms with Gasteiger partial charge < -0.3 is 24.6 Å². The van der Waals surface area contributed by atoms with Crippen molar-refractivity contribution < 1.29 is 23.0 Å². The lowest BCUT2D eigenvalue weighted by atomic mass is 10.1. The van der Waals surface area contributed by atoms with Gasteiger partial charge in [-0.1, -0.05) is 11.6 Å². The van der Waals surface area contributed by atoms with Gasteiger partial charge in [-0.15, -0.1) is 0 Å². The zero-order valence-corrected chi connectivity index (χ0v) is 22.0. The minimum absolute atomic E-state index is 0.103. The lowest BCUT2D eigenvalue weighted by molar-refractivity contribution is -0.0136. The molecule has 3 aromatic rings. The summed E-state index contributed by atoms with van der Waals surface area (Å²) in [4.78, 5) is 16.6. The van der Waals surface area contributed by atoms with Crippen molar-refractivity contribution in [2.24, 2.45) is 0 Å². The van der Waals surface area contributed by atoms with Crippen molar-refractivity contribution in [1.29, 1.82) is 0 Å². The average molecular weight is 552 g/mol. The Balaban J connectivity index is 1.41. The first-order valence-electron chi connectivity index (χ1n) is 12.7. The summed E-state index contributed by atoms with van der Waals surface area (Å²) in [6, 6.07) is 0.678. The van der Waals surface area contributed by atoms with E-state index in [1.165, 1.54) is 12.3 Å². The topological polar surface area (TPSA) is 91.6 Å². The monoisotopic (exact) mass is 551 g/mol. The molecule has 1 saturated carbocycles. The van der Waals surface area contributed by atoms with Crippen LogP contribution in [0.5, 0.6) is 0 Å². The second-order valence-corrected chi connectivity index (χ2v) is 10.9. The molecule has 0 unspecified atom stereocenters. The fraction of sp³-hybridized carbons (Fsp3) is 0.560. The van der Waals surface area contributed by atoms with E-state index in [1.807, 2.05) is 13.8 Å². The van der Waals surface area contributed by atoms with Crippen LogP contribution in [0.3, 0.4) is 0 Å². The molecule has 13 heteroatoms. The van der Waals surface area contributed by atoms with Gasteiger partial charge in [-0.05, 0) is 39.4 Å². The number of piperazine rings is 1. The Kier molecular flexibility index (Phi) is 6.21. The highest BCUT2D eigenvalue weighted by Gasteiger charge is 2.74. The highest BCUT2D eigenvalue weighted by atomic mass is 35.5. The standard InChI is InChI=1S/C25H29ClF3N7O2/c1-12(2)36-17-9-13(19-14(26)10-30-23(32-19)31-16-4-7-38-11-18(16)37)8-15(27)20(17)33-24(36)35-6-5-34(3)21-22(35)25(21,28)29/h8-10,12,16,18,21-22,37H,4-7,11H2,1-3H3,(H,30,31,32)/t16-,18-,21+,22-/m1/s1. The molecule has 2 aromatic heterocycles. The molecule has 0 spiro atoms. The fourth-order valence-corrected chi connectivity index (χ4v) is 5.86. The van der Waals surface area contributed by atoms with Gasteiger partial charge in [-0.25, -0.2) is 28.1 Å². The number of benzene rings is 1. The molecule has 1 aromatic carbocycles. The smallest absolute Gasteiger partial charge is 0.287 e. The molecular formula is C25H29ClF3N7O2. The second-order valence-electron chi connectivity index (χ2n) is 10.5. The number of nitrogens with one attached hydrogen (secondary N) is 1. The molecule has 2 saturated heterocycles. The summed E-state index contributed by atoms with van der Waals surface area (Å²) in [5.74, 6) is -2.88. The van der Waals surface area contributed by atoms with Crippen molar-refractivity contribution in [3.05, 3.63) is 29.2 Å². The molecule has 4 heterocycles. The van der Waals surface area contributed by atoms with Crippen molar-refractivity contribution in [3.63, 3.8) is 0 Å². The Bertz CT molecular complexity index is 1390. The van der Waals surface area contributed by atoms with Crippen molar-refractivity contribution in [3.8, 4) is 11.3 Å². The molecule has 1 aliphatic carbocycles. The lowest BCUT2D eigenvalue weighted by Crippen LogP contribution is -2.45. The first-order valence-corrected chi connectivity index (χ1v) is 13.1.